The van der Waals surface area contributed by atoms with Crippen molar-refractivity contribution in [3.05, 3.63) is 120 Å². The second-order valence-electron chi connectivity index (χ2n) is 10.4. The largest absolute Gasteiger partial charge is 0.307 e. The van der Waals surface area contributed by atoms with Gasteiger partial charge >= 0.3 is 10.1 Å². The van der Waals surface area contributed by atoms with Crippen molar-refractivity contribution in [1.82, 2.24) is 0 Å². The fourth-order valence-corrected chi connectivity index (χ4v) is 10.2. The first-order valence-corrected chi connectivity index (χ1v) is 17.5. The Morgan fingerprint density at radius 2 is 0.975 bits per heavy atom. The minimum absolute atomic E-state index is 0.160. The summed E-state index contributed by atoms with van der Waals surface area (Å²) in [5.41, 5.74) is 2.27. The van der Waals surface area contributed by atoms with Crippen molar-refractivity contribution in [3.8, 4) is 0 Å². The third kappa shape index (κ3) is 7.66. The summed E-state index contributed by atoms with van der Waals surface area (Å²) in [6.07, 6.45) is 11.4. The highest BCUT2D eigenvalue weighted by atomic mass is 32.3. The molecule has 5 heteroatoms. The van der Waals surface area contributed by atoms with Gasteiger partial charge in [-0.1, -0.05) is 118 Å². The summed E-state index contributed by atoms with van der Waals surface area (Å²) in [5.74, 6) is 0. The van der Waals surface area contributed by atoms with Gasteiger partial charge < -0.3 is 0 Å². The first kappa shape index (κ1) is 30.1. The lowest BCUT2D eigenvalue weighted by molar-refractivity contribution is 0.508. The summed E-state index contributed by atoms with van der Waals surface area (Å²) in [6.45, 7) is 4.20. The summed E-state index contributed by atoms with van der Waals surface area (Å²) in [7, 11) is -6.67. The van der Waals surface area contributed by atoms with Crippen LogP contribution in [0.5, 0.6) is 0 Å². The molecule has 3 nitrogen and oxygen atoms in total. The van der Waals surface area contributed by atoms with Crippen molar-refractivity contribution in [1.29, 1.82) is 0 Å². The molecule has 0 amide bonds. The van der Waals surface area contributed by atoms with E-state index >= 15 is 0 Å². The minimum Gasteiger partial charge on any atom is -0.203 e. The van der Waals surface area contributed by atoms with Crippen molar-refractivity contribution < 1.29 is 12.0 Å². The van der Waals surface area contributed by atoms with Gasteiger partial charge in [-0.3, -0.25) is 0 Å². The number of aryl methyl sites for hydroxylation is 2. The van der Waals surface area contributed by atoms with Crippen molar-refractivity contribution in [2.75, 3.05) is 0 Å². The number of benzene rings is 4. The van der Waals surface area contributed by atoms with Crippen LogP contribution >= 0.6 is 10.3 Å². The number of rotatable bonds is 15. The van der Waals surface area contributed by atoms with Crippen molar-refractivity contribution in [2.45, 2.75) is 91.2 Å². The summed E-state index contributed by atoms with van der Waals surface area (Å²) in [5, 5.41) is 0. The molecule has 0 aliphatic rings. The van der Waals surface area contributed by atoms with Crippen LogP contribution in [0.3, 0.4) is 0 Å². The molecular formula is C35H42O3S2. The van der Waals surface area contributed by atoms with Crippen LogP contribution in [0.15, 0.2) is 129 Å². The van der Waals surface area contributed by atoms with Gasteiger partial charge in [0.2, 0.25) is 0 Å². The summed E-state index contributed by atoms with van der Waals surface area (Å²) >= 11 is 0. The number of hydrogen-bond acceptors (Lipinski definition) is 3. The van der Waals surface area contributed by atoms with Crippen LogP contribution in [0.1, 0.15) is 69.4 Å². The highest BCUT2D eigenvalue weighted by Crippen LogP contribution is 2.70. The zero-order chi connectivity index (χ0) is 28.3. The molecule has 0 atom stereocenters. The molecule has 0 bridgehead atoms. The molecule has 0 saturated heterocycles. The highest BCUT2D eigenvalue weighted by molar-refractivity contribution is 8.33. The SMILES string of the molecule is CCCCCCCCCCc1ccc(S(OS(=O)(=O)c2ccc(C)cc2)(c2ccccc2)c2ccccc2)cc1. The Hall–Kier alpha value is -2.86. The molecule has 0 radical (unpaired) electrons. The van der Waals surface area contributed by atoms with E-state index in [9.17, 15) is 8.42 Å². The van der Waals surface area contributed by atoms with Gasteiger partial charge in [-0.15, -0.1) is 0 Å². The van der Waals surface area contributed by atoms with Gasteiger partial charge in [0.25, 0.3) is 0 Å². The van der Waals surface area contributed by atoms with Gasteiger partial charge in [0.1, 0.15) is 0 Å². The predicted octanol–water partition coefficient (Wildman–Crippen LogP) is 10.3. The smallest absolute Gasteiger partial charge is 0.203 e. The molecule has 0 saturated carbocycles. The Kier molecular flexibility index (Phi) is 11.0. The normalized spacial score (nSPS) is 12.3. The Morgan fingerprint density at radius 1 is 0.525 bits per heavy atom. The van der Waals surface area contributed by atoms with Crippen LogP contribution in [0.2, 0.25) is 0 Å². The van der Waals surface area contributed by atoms with Crippen LogP contribution < -0.4 is 0 Å². The maximum atomic E-state index is 13.8. The molecule has 40 heavy (non-hydrogen) atoms. The average Bonchev–Trinajstić information content (AvgIpc) is 2.99. The molecule has 0 heterocycles. The molecule has 0 spiro atoms. The van der Waals surface area contributed by atoms with Crippen LogP contribution in [-0.4, -0.2) is 8.42 Å². The average molecular weight is 575 g/mol. The van der Waals surface area contributed by atoms with E-state index < -0.39 is 20.4 Å². The summed E-state index contributed by atoms with van der Waals surface area (Å²) in [6, 6.07) is 34.8. The minimum atomic E-state index is -4.08. The lowest BCUT2D eigenvalue weighted by Crippen LogP contribution is -2.14. The highest BCUT2D eigenvalue weighted by Gasteiger charge is 2.38. The van der Waals surface area contributed by atoms with E-state index in [1.165, 1.54) is 56.9 Å². The quantitative estimate of drug-likeness (QED) is 0.133. The van der Waals surface area contributed by atoms with E-state index in [0.29, 0.717) is 0 Å². The van der Waals surface area contributed by atoms with Gasteiger partial charge in [0.15, 0.2) is 0 Å². The molecule has 4 aromatic carbocycles. The van der Waals surface area contributed by atoms with Gasteiger partial charge in [-0.2, -0.15) is 8.42 Å². The molecule has 4 aromatic rings. The Morgan fingerprint density at radius 3 is 1.50 bits per heavy atom. The van der Waals surface area contributed by atoms with Crippen LogP contribution in [0.25, 0.3) is 0 Å². The van der Waals surface area contributed by atoms with E-state index in [2.05, 4.69) is 31.2 Å². The fraction of sp³-hybridized carbons (Fsp3) is 0.314. The maximum Gasteiger partial charge on any atom is 0.307 e. The molecule has 212 valence electrons. The zero-order valence-electron chi connectivity index (χ0n) is 23.8. The molecule has 0 fully saturated rings. The Balaban J connectivity index is 1.65. The van der Waals surface area contributed by atoms with Crippen molar-refractivity contribution >= 4 is 20.4 Å². The third-order valence-corrected chi connectivity index (χ3v) is 12.4. The molecular weight excluding hydrogens is 533 g/mol. The Bertz CT molecular complexity index is 1360. The van der Waals surface area contributed by atoms with Crippen molar-refractivity contribution in [2.24, 2.45) is 0 Å². The fourth-order valence-electron chi connectivity index (χ4n) is 4.94. The van der Waals surface area contributed by atoms with Gasteiger partial charge in [0.05, 0.1) is 4.90 Å². The van der Waals surface area contributed by atoms with E-state index in [1.807, 2.05) is 67.6 Å². The van der Waals surface area contributed by atoms with E-state index in [4.69, 9.17) is 3.63 Å². The lowest BCUT2D eigenvalue weighted by Gasteiger charge is -2.39. The van der Waals surface area contributed by atoms with Crippen molar-refractivity contribution in [3.63, 3.8) is 0 Å². The van der Waals surface area contributed by atoms with Gasteiger partial charge in [0, 0.05) is 14.7 Å². The Labute approximate surface area is 243 Å². The number of hydrogen-bond donors (Lipinski definition) is 0. The molecule has 0 aromatic heterocycles. The first-order chi connectivity index (χ1) is 19.5. The zero-order valence-corrected chi connectivity index (χ0v) is 25.4. The monoisotopic (exact) mass is 574 g/mol. The third-order valence-electron chi connectivity index (χ3n) is 7.23. The standard InChI is InChI=1S/C35H42O3S2/c1-3-4-5-6-7-8-9-12-17-31-24-28-34(29-25-31)39(32-18-13-10-14-19-32,33-20-15-11-16-21-33)38-40(36,37)35-26-22-30(2)23-27-35/h10-11,13-16,18-29H,3-9,12,17H2,1-2H3. The number of unbranched alkanes of at least 4 members (excludes halogenated alkanes) is 7. The van der Waals surface area contributed by atoms with E-state index in [1.54, 1.807) is 24.3 Å². The predicted molar refractivity (Wildman–Crippen MR) is 167 cm³/mol. The molecule has 0 N–H and O–H groups in total. The van der Waals surface area contributed by atoms with Gasteiger partial charge in [-0.25, -0.2) is 3.63 Å². The van der Waals surface area contributed by atoms with Crippen LogP contribution in [0.4, 0.5) is 0 Å². The second-order valence-corrected chi connectivity index (χ2v) is 14.8. The first-order valence-electron chi connectivity index (χ1n) is 14.5. The maximum absolute atomic E-state index is 13.8. The van der Waals surface area contributed by atoms with Crippen LogP contribution in [0, 0.1) is 6.92 Å². The molecule has 0 unspecified atom stereocenters. The summed E-state index contributed by atoms with van der Waals surface area (Å²) in [4.78, 5) is 2.70. The van der Waals surface area contributed by atoms with Gasteiger partial charge in [-0.05, 0) is 84.2 Å². The molecule has 0 aliphatic heterocycles. The van der Waals surface area contributed by atoms with E-state index in [-0.39, 0.29) is 4.90 Å². The summed E-state index contributed by atoms with van der Waals surface area (Å²) < 4.78 is 34.1. The second kappa shape index (κ2) is 14.7. The topological polar surface area (TPSA) is 43.4 Å². The van der Waals surface area contributed by atoms with Crippen LogP contribution in [-0.2, 0) is 20.2 Å². The molecule has 0 aliphatic carbocycles. The van der Waals surface area contributed by atoms with E-state index in [0.717, 1.165) is 26.7 Å². The lowest BCUT2D eigenvalue weighted by atomic mass is 10.0. The molecule has 4 rings (SSSR count).